The van der Waals surface area contributed by atoms with Crippen molar-refractivity contribution in [1.29, 1.82) is 0 Å². The molecule has 0 spiro atoms. The average molecular weight is 208 g/mol. The fourth-order valence-electron chi connectivity index (χ4n) is 1.31. The highest BCUT2D eigenvalue weighted by atomic mass is 16.1. The number of nitrogens with one attached hydrogen (secondary N) is 1. The maximum absolute atomic E-state index is 11.4. The highest BCUT2D eigenvalue weighted by molar-refractivity contribution is 5.76. The van der Waals surface area contributed by atoms with E-state index in [9.17, 15) is 4.79 Å². The van der Waals surface area contributed by atoms with Crippen molar-refractivity contribution in [2.45, 2.75) is 46.7 Å². The number of hydrogen-bond acceptors (Lipinski definition) is 2. The third kappa shape index (κ3) is 3.38. The third-order valence-electron chi connectivity index (χ3n) is 2.28. The number of aryl methyl sites for hydroxylation is 2. The van der Waals surface area contributed by atoms with E-state index < -0.39 is 0 Å². The SMILES string of the molecule is Cc1n[c]n(CCC(=O)NC(C)C)c1C. The van der Waals surface area contributed by atoms with Gasteiger partial charge in [0.15, 0.2) is 6.33 Å². The fraction of sp³-hybridized carbons (Fsp3) is 0.636. The molecule has 0 unspecified atom stereocenters. The van der Waals surface area contributed by atoms with Gasteiger partial charge in [0, 0.05) is 24.7 Å². The molecule has 1 aromatic heterocycles. The predicted octanol–water partition coefficient (Wildman–Crippen LogP) is 1.21. The Bertz CT molecular complexity index is 342. The molecule has 0 atom stereocenters. The Hall–Kier alpha value is -1.32. The van der Waals surface area contributed by atoms with E-state index in [1.807, 2.05) is 32.3 Å². The lowest BCUT2D eigenvalue weighted by molar-refractivity contribution is -0.121. The topological polar surface area (TPSA) is 46.9 Å². The summed E-state index contributed by atoms with van der Waals surface area (Å²) in [6, 6.07) is 0.201. The monoisotopic (exact) mass is 208 g/mol. The van der Waals surface area contributed by atoms with Gasteiger partial charge in [-0.1, -0.05) is 0 Å². The van der Waals surface area contributed by atoms with Crippen LogP contribution in [0, 0.1) is 20.2 Å². The largest absolute Gasteiger partial charge is 0.354 e. The molecule has 0 saturated carbocycles. The molecule has 1 aromatic rings. The van der Waals surface area contributed by atoms with Crippen molar-refractivity contribution in [1.82, 2.24) is 14.9 Å². The Morgan fingerprint density at radius 2 is 2.20 bits per heavy atom. The second-order valence-corrected chi connectivity index (χ2v) is 4.01. The first kappa shape index (κ1) is 11.8. The number of nitrogens with zero attached hydrogens (tertiary/aromatic N) is 2. The van der Waals surface area contributed by atoms with Gasteiger partial charge in [-0.25, -0.2) is 4.98 Å². The van der Waals surface area contributed by atoms with Crippen LogP contribution in [0.1, 0.15) is 31.7 Å². The summed E-state index contributed by atoms with van der Waals surface area (Å²) in [4.78, 5) is 15.4. The van der Waals surface area contributed by atoms with Gasteiger partial charge in [-0.2, -0.15) is 0 Å². The molecule has 0 saturated heterocycles. The van der Waals surface area contributed by atoms with E-state index in [4.69, 9.17) is 0 Å². The molecule has 15 heavy (non-hydrogen) atoms. The van der Waals surface area contributed by atoms with Crippen molar-refractivity contribution >= 4 is 5.91 Å². The molecule has 0 bridgehead atoms. The summed E-state index contributed by atoms with van der Waals surface area (Å²) in [5, 5.41) is 2.85. The van der Waals surface area contributed by atoms with Crippen LogP contribution in [-0.4, -0.2) is 21.5 Å². The van der Waals surface area contributed by atoms with Crippen LogP contribution in [-0.2, 0) is 11.3 Å². The molecule has 0 aliphatic heterocycles. The van der Waals surface area contributed by atoms with E-state index in [1.54, 1.807) is 0 Å². The van der Waals surface area contributed by atoms with Gasteiger partial charge in [-0.15, -0.1) is 0 Å². The van der Waals surface area contributed by atoms with E-state index >= 15 is 0 Å². The molecule has 83 valence electrons. The van der Waals surface area contributed by atoms with Gasteiger partial charge in [0.2, 0.25) is 5.91 Å². The third-order valence-corrected chi connectivity index (χ3v) is 2.28. The number of carbonyl (C=O) groups excluding carboxylic acids is 1. The standard InChI is InChI=1S/C11H18N3O/c1-8(2)13-11(15)5-6-14-7-12-9(3)10(14)4/h8H,5-6H2,1-4H3,(H,13,15). The van der Waals surface area contributed by atoms with Crippen molar-refractivity contribution in [2.75, 3.05) is 0 Å². The Labute approximate surface area is 90.7 Å². The second kappa shape index (κ2) is 4.96. The van der Waals surface area contributed by atoms with Gasteiger partial charge in [0.1, 0.15) is 0 Å². The van der Waals surface area contributed by atoms with Gasteiger partial charge < -0.3 is 9.88 Å². The van der Waals surface area contributed by atoms with E-state index in [2.05, 4.69) is 16.6 Å². The van der Waals surface area contributed by atoms with E-state index in [-0.39, 0.29) is 11.9 Å². The zero-order chi connectivity index (χ0) is 11.4. The van der Waals surface area contributed by atoms with E-state index in [0.717, 1.165) is 11.4 Å². The highest BCUT2D eigenvalue weighted by Gasteiger charge is 2.06. The lowest BCUT2D eigenvalue weighted by Crippen LogP contribution is -2.30. The molecule has 1 radical (unpaired) electrons. The van der Waals surface area contributed by atoms with Crippen LogP contribution in [0.3, 0.4) is 0 Å². The summed E-state index contributed by atoms with van der Waals surface area (Å²) in [5.41, 5.74) is 2.05. The maximum atomic E-state index is 11.4. The first-order valence-corrected chi connectivity index (χ1v) is 5.21. The number of rotatable bonds is 4. The molecule has 1 heterocycles. The molecule has 1 rings (SSSR count). The highest BCUT2D eigenvalue weighted by Crippen LogP contribution is 2.04. The molecule has 4 heteroatoms. The van der Waals surface area contributed by atoms with E-state index in [1.165, 1.54) is 0 Å². The minimum atomic E-state index is 0.0733. The lowest BCUT2D eigenvalue weighted by atomic mass is 10.3. The van der Waals surface area contributed by atoms with Crippen LogP contribution in [0.25, 0.3) is 0 Å². The van der Waals surface area contributed by atoms with Crippen LogP contribution < -0.4 is 5.32 Å². The normalized spacial score (nSPS) is 10.7. The smallest absolute Gasteiger partial charge is 0.221 e. The molecule has 1 amide bonds. The Balaban J connectivity index is 2.44. The Morgan fingerprint density at radius 3 is 2.67 bits per heavy atom. The quantitative estimate of drug-likeness (QED) is 0.808. The first-order chi connectivity index (χ1) is 7.00. The van der Waals surface area contributed by atoms with Gasteiger partial charge in [0.25, 0.3) is 0 Å². The summed E-state index contributed by atoms with van der Waals surface area (Å²) < 4.78 is 1.88. The summed E-state index contributed by atoms with van der Waals surface area (Å²) in [7, 11) is 0. The molecular formula is C11H18N3O. The number of aromatic nitrogens is 2. The summed E-state index contributed by atoms with van der Waals surface area (Å²) in [6.07, 6.45) is 3.35. The van der Waals surface area contributed by atoms with Crippen molar-refractivity contribution in [3.05, 3.63) is 17.7 Å². The average Bonchev–Trinajstić information content (AvgIpc) is 2.44. The molecule has 0 aromatic carbocycles. The van der Waals surface area contributed by atoms with Gasteiger partial charge in [0.05, 0.1) is 5.69 Å². The second-order valence-electron chi connectivity index (χ2n) is 4.01. The van der Waals surface area contributed by atoms with Gasteiger partial charge >= 0.3 is 0 Å². The number of carbonyl (C=O) groups is 1. The molecule has 0 fully saturated rings. The zero-order valence-electron chi connectivity index (χ0n) is 9.79. The van der Waals surface area contributed by atoms with Crippen molar-refractivity contribution in [3.63, 3.8) is 0 Å². The Kier molecular flexibility index (Phi) is 3.88. The molecular weight excluding hydrogens is 190 g/mol. The number of hydrogen-bond donors (Lipinski definition) is 1. The zero-order valence-corrected chi connectivity index (χ0v) is 9.79. The molecule has 0 aliphatic carbocycles. The summed E-state index contributed by atoms with van der Waals surface area (Å²) >= 11 is 0. The van der Waals surface area contributed by atoms with Crippen LogP contribution in [0.15, 0.2) is 0 Å². The number of imidazole rings is 1. The first-order valence-electron chi connectivity index (χ1n) is 5.21. The molecule has 1 N–H and O–H groups in total. The minimum absolute atomic E-state index is 0.0733. The fourth-order valence-corrected chi connectivity index (χ4v) is 1.31. The van der Waals surface area contributed by atoms with E-state index in [0.29, 0.717) is 13.0 Å². The van der Waals surface area contributed by atoms with Crippen molar-refractivity contribution in [2.24, 2.45) is 0 Å². The maximum Gasteiger partial charge on any atom is 0.221 e. The van der Waals surface area contributed by atoms with Gasteiger partial charge in [-0.05, 0) is 27.7 Å². The summed E-state index contributed by atoms with van der Waals surface area (Å²) in [6.45, 7) is 8.48. The molecule has 0 aliphatic rings. The lowest BCUT2D eigenvalue weighted by Gasteiger charge is -2.09. The van der Waals surface area contributed by atoms with Crippen molar-refractivity contribution < 1.29 is 4.79 Å². The van der Waals surface area contributed by atoms with Crippen LogP contribution in [0.5, 0.6) is 0 Å². The van der Waals surface area contributed by atoms with Crippen LogP contribution in [0.4, 0.5) is 0 Å². The predicted molar refractivity (Wildman–Crippen MR) is 58.4 cm³/mol. The van der Waals surface area contributed by atoms with Gasteiger partial charge in [-0.3, -0.25) is 4.79 Å². The molecule has 4 nitrogen and oxygen atoms in total. The Morgan fingerprint density at radius 1 is 1.53 bits per heavy atom. The summed E-state index contributed by atoms with van der Waals surface area (Å²) in [5.74, 6) is 0.0733. The number of amides is 1. The van der Waals surface area contributed by atoms with Crippen LogP contribution in [0.2, 0.25) is 0 Å². The van der Waals surface area contributed by atoms with Crippen molar-refractivity contribution in [3.8, 4) is 0 Å². The van der Waals surface area contributed by atoms with Crippen LogP contribution >= 0.6 is 0 Å². The minimum Gasteiger partial charge on any atom is -0.354 e.